The lowest BCUT2D eigenvalue weighted by molar-refractivity contribution is 0.338. The molecule has 1 aliphatic rings. The van der Waals surface area contributed by atoms with Crippen LogP contribution in [-0.4, -0.2) is 32.4 Å². The van der Waals surface area contributed by atoms with Crippen molar-refractivity contribution in [2.45, 2.75) is 25.7 Å². The van der Waals surface area contributed by atoms with Gasteiger partial charge in [-0.15, -0.1) is 11.8 Å². The first-order chi connectivity index (χ1) is 8.95. The molecule has 1 aromatic carbocycles. The van der Waals surface area contributed by atoms with Crippen molar-refractivity contribution in [1.82, 2.24) is 0 Å². The molecule has 0 aliphatic carbocycles. The van der Waals surface area contributed by atoms with Gasteiger partial charge in [-0.05, 0) is 32.9 Å². The van der Waals surface area contributed by atoms with Crippen LogP contribution in [0.2, 0.25) is 0 Å². The Morgan fingerprint density at radius 3 is 2.26 bits per heavy atom. The molecule has 0 saturated carbocycles. The molecule has 0 aromatic heterocycles. The number of benzene rings is 1. The SMILES string of the molecule is CC1=NCCS1.CCOS(=O)(=O)c1ccc(C)cc1. The zero-order chi connectivity index (χ0) is 14.3. The first kappa shape index (κ1) is 16.2. The van der Waals surface area contributed by atoms with E-state index in [1.54, 1.807) is 31.2 Å². The molecule has 0 bridgehead atoms. The minimum atomic E-state index is -3.53. The van der Waals surface area contributed by atoms with Crippen LogP contribution in [0.15, 0.2) is 34.2 Å². The molecule has 0 amide bonds. The van der Waals surface area contributed by atoms with Crippen molar-refractivity contribution in [3.8, 4) is 0 Å². The lowest BCUT2D eigenvalue weighted by Crippen LogP contribution is -2.05. The van der Waals surface area contributed by atoms with Crippen LogP contribution < -0.4 is 0 Å². The van der Waals surface area contributed by atoms with E-state index in [4.69, 9.17) is 0 Å². The molecule has 19 heavy (non-hydrogen) atoms. The number of thioether (sulfide) groups is 1. The maximum atomic E-state index is 11.3. The predicted molar refractivity (Wildman–Crippen MR) is 80.4 cm³/mol. The fraction of sp³-hybridized carbons (Fsp3) is 0.462. The van der Waals surface area contributed by atoms with Gasteiger partial charge in [0.15, 0.2) is 0 Å². The van der Waals surface area contributed by atoms with Crippen LogP contribution in [-0.2, 0) is 14.3 Å². The number of rotatable bonds is 3. The highest BCUT2D eigenvalue weighted by atomic mass is 32.2. The highest BCUT2D eigenvalue weighted by Gasteiger charge is 2.12. The van der Waals surface area contributed by atoms with E-state index in [1.807, 2.05) is 18.7 Å². The molecule has 0 fully saturated rings. The van der Waals surface area contributed by atoms with Gasteiger partial charge in [0.2, 0.25) is 0 Å². The zero-order valence-corrected chi connectivity index (χ0v) is 13.1. The first-order valence-corrected chi connectivity index (χ1v) is 8.45. The lowest BCUT2D eigenvalue weighted by atomic mass is 10.2. The lowest BCUT2D eigenvalue weighted by Gasteiger charge is -2.02. The molecule has 0 unspecified atom stereocenters. The molecule has 0 spiro atoms. The number of hydrogen-bond donors (Lipinski definition) is 0. The molecule has 0 saturated heterocycles. The maximum absolute atomic E-state index is 11.3. The van der Waals surface area contributed by atoms with Crippen molar-refractivity contribution in [1.29, 1.82) is 0 Å². The molecule has 2 rings (SSSR count). The van der Waals surface area contributed by atoms with Gasteiger partial charge in [0.05, 0.1) is 16.5 Å². The monoisotopic (exact) mass is 301 g/mol. The molecule has 1 heterocycles. The standard InChI is InChI=1S/C9H12O3S.C4H7NS/c1-3-12-13(10,11)9-6-4-8(2)5-7-9;1-4-5-2-3-6-4/h4-7H,3H2,1-2H3;2-3H2,1H3. The van der Waals surface area contributed by atoms with Gasteiger partial charge in [0.1, 0.15) is 0 Å². The van der Waals surface area contributed by atoms with Crippen LogP contribution >= 0.6 is 11.8 Å². The van der Waals surface area contributed by atoms with Crippen LogP contribution in [0.3, 0.4) is 0 Å². The Morgan fingerprint density at radius 1 is 1.26 bits per heavy atom. The third-order valence-corrected chi connectivity index (χ3v) is 4.65. The summed E-state index contributed by atoms with van der Waals surface area (Å²) < 4.78 is 27.3. The molecule has 1 aromatic rings. The third-order valence-electron chi connectivity index (χ3n) is 2.32. The Kier molecular flexibility index (Phi) is 6.54. The smallest absolute Gasteiger partial charge is 0.282 e. The summed E-state index contributed by atoms with van der Waals surface area (Å²) in [4.78, 5) is 4.32. The summed E-state index contributed by atoms with van der Waals surface area (Å²) in [5, 5.41) is 1.25. The third kappa shape index (κ3) is 5.76. The number of aliphatic imine (C=N–C) groups is 1. The fourth-order valence-corrected chi connectivity index (χ4v) is 2.95. The van der Waals surface area contributed by atoms with E-state index in [-0.39, 0.29) is 11.5 Å². The predicted octanol–water partition coefficient (Wildman–Crippen LogP) is 2.87. The second-order valence-corrected chi connectivity index (χ2v) is 6.83. The summed E-state index contributed by atoms with van der Waals surface area (Å²) >= 11 is 1.85. The van der Waals surface area contributed by atoms with Gasteiger partial charge in [0, 0.05) is 12.3 Å². The fourth-order valence-electron chi connectivity index (χ4n) is 1.37. The molecule has 4 nitrogen and oxygen atoms in total. The van der Waals surface area contributed by atoms with E-state index >= 15 is 0 Å². The zero-order valence-electron chi connectivity index (χ0n) is 11.4. The molecule has 106 valence electrons. The summed E-state index contributed by atoms with van der Waals surface area (Å²) in [6.45, 7) is 6.80. The normalized spacial score (nSPS) is 14.6. The molecule has 0 radical (unpaired) electrons. The van der Waals surface area contributed by atoms with Crippen molar-refractivity contribution < 1.29 is 12.6 Å². The van der Waals surface area contributed by atoms with Crippen LogP contribution in [0.5, 0.6) is 0 Å². The van der Waals surface area contributed by atoms with Crippen LogP contribution in [0.4, 0.5) is 0 Å². The van der Waals surface area contributed by atoms with E-state index in [0.717, 1.165) is 12.1 Å². The topological polar surface area (TPSA) is 55.7 Å². The van der Waals surface area contributed by atoms with Gasteiger partial charge in [-0.3, -0.25) is 9.18 Å². The minimum Gasteiger partial charge on any atom is -0.282 e. The Labute approximate surface area is 119 Å². The molecular weight excluding hydrogens is 282 g/mol. The maximum Gasteiger partial charge on any atom is 0.296 e. The summed E-state index contributed by atoms with van der Waals surface area (Å²) in [5.74, 6) is 1.20. The Balaban J connectivity index is 0.000000250. The van der Waals surface area contributed by atoms with E-state index < -0.39 is 10.1 Å². The van der Waals surface area contributed by atoms with Crippen molar-refractivity contribution in [2.75, 3.05) is 18.9 Å². The Hall–Kier alpha value is -0.850. The van der Waals surface area contributed by atoms with Gasteiger partial charge in [0.25, 0.3) is 10.1 Å². The average Bonchev–Trinajstić information content (AvgIpc) is 2.81. The van der Waals surface area contributed by atoms with Crippen molar-refractivity contribution in [3.05, 3.63) is 29.8 Å². The van der Waals surface area contributed by atoms with E-state index in [0.29, 0.717) is 0 Å². The van der Waals surface area contributed by atoms with Gasteiger partial charge < -0.3 is 0 Å². The van der Waals surface area contributed by atoms with Crippen molar-refractivity contribution in [2.24, 2.45) is 4.99 Å². The Morgan fingerprint density at radius 2 is 1.89 bits per heavy atom. The first-order valence-electron chi connectivity index (χ1n) is 6.05. The van der Waals surface area contributed by atoms with E-state index in [1.165, 1.54) is 10.8 Å². The highest BCUT2D eigenvalue weighted by molar-refractivity contribution is 8.14. The van der Waals surface area contributed by atoms with Gasteiger partial charge >= 0.3 is 0 Å². The summed E-state index contributed by atoms with van der Waals surface area (Å²) in [5.41, 5.74) is 1.02. The van der Waals surface area contributed by atoms with Gasteiger partial charge in [-0.1, -0.05) is 17.7 Å². The molecule has 6 heteroatoms. The molecule has 1 aliphatic heterocycles. The quantitative estimate of drug-likeness (QED) is 0.806. The summed E-state index contributed by atoms with van der Waals surface area (Å²) in [7, 11) is -3.53. The number of nitrogens with zero attached hydrogens (tertiary/aromatic N) is 1. The largest absolute Gasteiger partial charge is 0.296 e. The average molecular weight is 301 g/mol. The second kappa shape index (κ2) is 7.67. The van der Waals surface area contributed by atoms with E-state index in [2.05, 4.69) is 16.1 Å². The van der Waals surface area contributed by atoms with Gasteiger partial charge in [-0.25, -0.2) is 0 Å². The highest BCUT2D eigenvalue weighted by Crippen LogP contribution is 2.12. The van der Waals surface area contributed by atoms with E-state index in [9.17, 15) is 8.42 Å². The van der Waals surface area contributed by atoms with Crippen LogP contribution in [0.25, 0.3) is 0 Å². The number of hydrogen-bond acceptors (Lipinski definition) is 5. The minimum absolute atomic E-state index is 0.163. The summed E-state index contributed by atoms with van der Waals surface area (Å²) in [6, 6.07) is 6.57. The van der Waals surface area contributed by atoms with Crippen LogP contribution in [0.1, 0.15) is 19.4 Å². The second-order valence-electron chi connectivity index (χ2n) is 3.92. The molecule has 0 atom stereocenters. The molecular formula is C13H19NO3S2. The Bertz CT molecular complexity index is 521. The number of aryl methyl sites for hydroxylation is 1. The van der Waals surface area contributed by atoms with Gasteiger partial charge in [-0.2, -0.15) is 8.42 Å². The van der Waals surface area contributed by atoms with Crippen molar-refractivity contribution in [3.63, 3.8) is 0 Å². The van der Waals surface area contributed by atoms with Crippen LogP contribution in [0, 0.1) is 6.92 Å². The van der Waals surface area contributed by atoms with Crippen molar-refractivity contribution >= 4 is 26.9 Å². The summed E-state index contributed by atoms with van der Waals surface area (Å²) in [6.07, 6.45) is 0. The molecule has 0 N–H and O–H groups in total.